The van der Waals surface area contributed by atoms with Crippen LogP contribution in [0.5, 0.6) is 5.75 Å². The predicted octanol–water partition coefficient (Wildman–Crippen LogP) is 0.379. The zero-order valence-electron chi connectivity index (χ0n) is 12.0. The quantitative estimate of drug-likeness (QED) is 0.834. The summed E-state index contributed by atoms with van der Waals surface area (Å²) >= 11 is 0. The molecular weight excluding hydrogens is 270 g/mol. The van der Waals surface area contributed by atoms with Crippen LogP contribution in [0.25, 0.3) is 0 Å². The zero-order valence-corrected chi connectivity index (χ0v) is 12.0. The summed E-state index contributed by atoms with van der Waals surface area (Å²) in [6.07, 6.45) is 1.08. The number of hydrogen-bond acceptors (Lipinski definition) is 5. The van der Waals surface area contributed by atoms with Gasteiger partial charge < -0.3 is 15.6 Å². The number of rotatable bonds is 4. The maximum atomic E-state index is 11.4. The number of methoxy groups -OCH3 is 1. The zero-order chi connectivity index (χ0) is 15.5. The van der Waals surface area contributed by atoms with Crippen LogP contribution >= 0.6 is 0 Å². The molecule has 21 heavy (non-hydrogen) atoms. The fourth-order valence-electron chi connectivity index (χ4n) is 2.67. The van der Waals surface area contributed by atoms with E-state index in [1.165, 1.54) is 0 Å². The topological polar surface area (TPSA) is 99.6 Å². The van der Waals surface area contributed by atoms with Crippen LogP contribution in [0, 0.1) is 11.3 Å². The third kappa shape index (κ3) is 3.32. The van der Waals surface area contributed by atoms with Crippen molar-refractivity contribution in [2.75, 3.05) is 20.2 Å². The van der Waals surface area contributed by atoms with Gasteiger partial charge in [-0.15, -0.1) is 0 Å². The van der Waals surface area contributed by atoms with Gasteiger partial charge in [0.05, 0.1) is 18.7 Å². The second-order valence-corrected chi connectivity index (χ2v) is 5.35. The molecule has 0 aromatic heterocycles. The van der Waals surface area contributed by atoms with Crippen LogP contribution in [0.15, 0.2) is 18.2 Å². The van der Waals surface area contributed by atoms with Crippen LogP contribution in [0.1, 0.15) is 24.0 Å². The molecule has 1 unspecified atom stereocenters. The first kappa shape index (κ1) is 15.3. The number of piperidine rings is 1. The largest absolute Gasteiger partial charge is 0.496 e. The Morgan fingerprint density at radius 3 is 3.00 bits per heavy atom. The Labute approximate surface area is 123 Å². The number of nitriles is 1. The molecule has 1 fully saturated rings. The van der Waals surface area contributed by atoms with Crippen LogP contribution in [0.4, 0.5) is 0 Å². The highest BCUT2D eigenvalue weighted by Gasteiger charge is 2.38. The van der Waals surface area contributed by atoms with Crippen molar-refractivity contribution in [3.8, 4) is 11.8 Å². The molecule has 1 amide bonds. The van der Waals surface area contributed by atoms with Gasteiger partial charge >= 0.3 is 0 Å². The molecule has 1 saturated heterocycles. The number of β-amino-alcohol motifs (C(OH)–C–C–N with tert-alkyl or cyclic N) is 1. The second-order valence-electron chi connectivity index (χ2n) is 5.35. The minimum absolute atomic E-state index is 0.197. The lowest BCUT2D eigenvalue weighted by Crippen LogP contribution is -2.55. The first-order valence-electron chi connectivity index (χ1n) is 6.80. The molecule has 1 atom stereocenters. The number of hydrogen-bond donors (Lipinski definition) is 2. The van der Waals surface area contributed by atoms with E-state index in [9.17, 15) is 9.90 Å². The highest BCUT2D eigenvalue weighted by Crippen LogP contribution is 2.26. The summed E-state index contributed by atoms with van der Waals surface area (Å²) in [5.41, 5.74) is 5.20. The van der Waals surface area contributed by atoms with Crippen molar-refractivity contribution in [3.05, 3.63) is 29.3 Å². The Morgan fingerprint density at radius 2 is 2.38 bits per heavy atom. The lowest BCUT2D eigenvalue weighted by Gasteiger charge is -2.37. The van der Waals surface area contributed by atoms with Gasteiger partial charge in [0.25, 0.3) is 5.91 Å². The molecule has 1 aliphatic rings. The minimum atomic E-state index is -1.47. The Hall–Kier alpha value is -2.10. The van der Waals surface area contributed by atoms with Crippen LogP contribution < -0.4 is 10.5 Å². The van der Waals surface area contributed by atoms with Gasteiger partial charge in [-0.05, 0) is 37.6 Å². The Bertz CT molecular complexity index is 582. The van der Waals surface area contributed by atoms with Crippen molar-refractivity contribution >= 4 is 5.91 Å². The van der Waals surface area contributed by atoms with E-state index in [1.54, 1.807) is 25.3 Å². The molecule has 1 heterocycles. The summed E-state index contributed by atoms with van der Waals surface area (Å²) in [6.45, 7) is 1.45. The van der Waals surface area contributed by atoms with Crippen LogP contribution in [-0.4, -0.2) is 41.7 Å². The number of carbonyl (C=O) groups is 1. The average Bonchev–Trinajstić information content (AvgIpc) is 2.47. The standard InChI is InChI=1S/C15H19N3O3/c1-21-13-4-3-11(8-16)7-12(13)9-18-6-2-5-15(20,10-18)14(17)19/h3-4,7,20H,2,5-6,9-10H2,1H3,(H2,17,19). The van der Waals surface area contributed by atoms with Gasteiger partial charge in [-0.3, -0.25) is 9.69 Å². The second kappa shape index (κ2) is 6.12. The molecule has 0 radical (unpaired) electrons. The number of aliphatic hydroxyl groups is 1. The molecule has 2 rings (SSSR count). The summed E-state index contributed by atoms with van der Waals surface area (Å²) in [4.78, 5) is 13.3. The third-order valence-corrected chi connectivity index (χ3v) is 3.81. The van der Waals surface area contributed by atoms with Gasteiger partial charge in [0.15, 0.2) is 5.60 Å². The van der Waals surface area contributed by atoms with Crippen molar-refractivity contribution in [2.45, 2.75) is 25.0 Å². The number of nitrogens with two attached hydrogens (primary N) is 1. The monoisotopic (exact) mass is 289 g/mol. The molecule has 1 aliphatic heterocycles. The van der Waals surface area contributed by atoms with Crippen molar-refractivity contribution in [3.63, 3.8) is 0 Å². The fraction of sp³-hybridized carbons (Fsp3) is 0.467. The minimum Gasteiger partial charge on any atom is -0.496 e. The number of primary amides is 1. The Morgan fingerprint density at radius 1 is 1.62 bits per heavy atom. The lowest BCUT2D eigenvalue weighted by atomic mass is 9.92. The highest BCUT2D eigenvalue weighted by atomic mass is 16.5. The molecule has 0 spiro atoms. The maximum absolute atomic E-state index is 11.4. The molecule has 1 aromatic rings. The molecule has 0 aliphatic carbocycles. The fourth-order valence-corrected chi connectivity index (χ4v) is 2.67. The van der Waals surface area contributed by atoms with E-state index < -0.39 is 11.5 Å². The summed E-state index contributed by atoms with van der Waals surface area (Å²) in [6, 6.07) is 7.29. The summed E-state index contributed by atoms with van der Waals surface area (Å²) in [5, 5.41) is 19.2. The van der Waals surface area contributed by atoms with E-state index in [-0.39, 0.29) is 6.54 Å². The van der Waals surface area contributed by atoms with Gasteiger partial charge in [0, 0.05) is 18.7 Å². The summed E-state index contributed by atoms with van der Waals surface area (Å²) < 4.78 is 5.30. The molecule has 1 aromatic carbocycles. The van der Waals surface area contributed by atoms with Crippen molar-refractivity contribution in [1.82, 2.24) is 4.90 Å². The highest BCUT2D eigenvalue weighted by molar-refractivity contribution is 5.83. The molecule has 0 saturated carbocycles. The van der Waals surface area contributed by atoms with Crippen LogP contribution in [0.3, 0.4) is 0 Å². The van der Waals surface area contributed by atoms with Crippen molar-refractivity contribution in [2.24, 2.45) is 5.73 Å². The SMILES string of the molecule is COc1ccc(C#N)cc1CN1CCCC(O)(C(N)=O)C1. The van der Waals surface area contributed by atoms with E-state index in [0.717, 1.165) is 12.1 Å². The Kier molecular flexibility index (Phi) is 4.46. The predicted molar refractivity (Wildman–Crippen MR) is 76.4 cm³/mol. The van der Waals surface area contributed by atoms with Crippen LogP contribution in [0.2, 0.25) is 0 Å². The number of ether oxygens (including phenoxy) is 1. The number of amides is 1. The van der Waals surface area contributed by atoms with Gasteiger partial charge in [0.1, 0.15) is 5.75 Å². The lowest BCUT2D eigenvalue weighted by molar-refractivity contribution is -0.142. The summed E-state index contributed by atoms with van der Waals surface area (Å²) in [5.74, 6) is -0.00729. The molecule has 0 bridgehead atoms. The third-order valence-electron chi connectivity index (χ3n) is 3.81. The first-order chi connectivity index (χ1) is 9.98. The van der Waals surface area contributed by atoms with Crippen molar-refractivity contribution < 1.29 is 14.6 Å². The molecular formula is C15H19N3O3. The van der Waals surface area contributed by atoms with Crippen LogP contribution in [-0.2, 0) is 11.3 Å². The number of nitrogens with zero attached hydrogens (tertiary/aromatic N) is 2. The van der Waals surface area contributed by atoms with E-state index in [4.69, 9.17) is 15.7 Å². The number of likely N-dealkylation sites (tertiary alicyclic amines) is 1. The smallest absolute Gasteiger partial charge is 0.250 e. The van der Waals surface area contributed by atoms with E-state index in [0.29, 0.717) is 30.7 Å². The average molecular weight is 289 g/mol. The molecule has 6 heteroatoms. The van der Waals surface area contributed by atoms with E-state index in [1.807, 2.05) is 4.90 Å². The van der Waals surface area contributed by atoms with Gasteiger partial charge in [-0.25, -0.2) is 0 Å². The van der Waals surface area contributed by atoms with Crippen molar-refractivity contribution in [1.29, 1.82) is 5.26 Å². The van der Waals surface area contributed by atoms with E-state index in [2.05, 4.69) is 6.07 Å². The molecule has 3 N–H and O–H groups in total. The maximum Gasteiger partial charge on any atom is 0.250 e. The summed E-state index contributed by atoms with van der Waals surface area (Å²) in [7, 11) is 1.57. The first-order valence-corrected chi connectivity index (χ1v) is 6.80. The number of carbonyl (C=O) groups excluding carboxylic acids is 1. The molecule has 6 nitrogen and oxygen atoms in total. The van der Waals surface area contributed by atoms with Gasteiger partial charge in [-0.2, -0.15) is 5.26 Å². The normalized spacial score (nSPS) is 22.5. The molecule has 112 valence electrons. The number of benzene rings is 1. The Balaban J connectivity index is 2.18. The van der Waals surface area contributed by atoms with Gasteiger partial charge in [-0.1, -0.05) is 0 Å². The van der Waals surface area contributed by atoms with E-state index >= 15 is 0 Å². The van der Waals surface area contributed by atoms with Gasteiger partial charge in [0.2, 0.25) is 0 Å².